The van der Waals surface area contributed by atoms with E-state index in [1.165, 1.54) is 12.1 Å². The maximum atomic E-state index is 11.0. The molecule has 7 heteroatoms. The van der Waals surface area contributed by atoms with Crippen LogP contribution in [0.4, 0.5) is 11.4 Å². The zero-order valence-corrected chi connectivity index (χ0v) is 11.0. The van der Waals surface area contributed by atoms with E-state index in [1.807, 2.05) is 19.9 Å². The fourth-order valence-corrected chi connectivity index (χ4v) is 1.89. The van der Waals surface area contributed by atoms with Crippen LogP contribution in [0.15, 0.2) is 18.2 Å². The van der Waals surface area contributed by atoms with Gasteiger partial charge in [-0.15, -0.1) is 0 Å². The van der Waals surface area contributed by atoms with Gasteiger partial charge >= 0.3 is 0 Å². The Balaban J connectivity index is 2.55. The molecule has 2 aromatic rings. The normalized spacial score (nSPS) is 10.5. The van der Waals surface area contributed by atoms with Crippen LogP contribution in [0.3, 0.4) is 0 Å². The number of nitrogens with zero attached hydrogens (tertiary/aromatic N) is 4. The van der Waals surface area contributed by atoms with E-state index in [1.54, 1.807) is 11.6 Å². The first kappa shape index (κ1) is 13.0. The van der Waals surface area contributed by atoms with Gasteiger partial charge in [-0.3, -0.25) is 10.1 Å². The summed E-state index contributed by atoms with van der Waals surface area (Å²) in [6, 6.07) is 4.81. The van der Waals surface area contributed by atoms with Crippen molar-refractivity contribution in [1.29, 1.82) is 0 Å². The van der Waals surface area contributed by atoms with Crippen LogP contribution in [0, 0.1) is 24.0 Å². The molecule has 1 heterocycles. The maximum Gasteiger partial charge on any atom is 0.273 e. The molecule has 1 aromatic heterocycles. The molecular formula is C12H15N5O2. The molecule has 1 aromatic carbocycles. The van der Waals surface area contributed by atoms with Crippen molar-refractivity contribution in [3.63, 3.8) is 0 Å². The lowest BCUT2D eigenvalue weighted by Gasteiger charge is -2.07. The van der Waals surface area contributed by atoms with Crippen molar-refractivity contribution in [2.24, 2.45) is 0 Å². The highest BCUT2D eigenvalue weighted by molar-refractivity contribution is 5.58. The number of rotatable bonds is 4. The molecule has 0 saturated heterocycles. The minimum atomic E-state index is -0.413. The minimum Gasteiger partial charge on any atom is -0.385 e. The van der Waals surface area contributed by atoms with Crippen molar-refractivity contribution in [2.75, 3.05) is 11.9 Å². The molecule has 0 atom stereocenters. The predicted octanol–water partition coefficient (Wildman–Crippen LogP) is 2.22. The lowest BCUT2D eigenvalue weighted by molar-refractivity contribution is -0.384. The average molecular weight is 261 g/mol. The van der Waals surface area contributed by atoms with Gasteiger partial charge in [0.1, 0.15) is 11.6 Å². The fraction of sp³-hybridized carbons (Fsp3) is 0.333. The van der Waals surface area contributed by atoms with Gasteiger partial charge < -0.3 is 5.32 Å². The molecule has 0 aliphatic carbocycles. The Kier molecular flexibility index (Phi) is 3.46. The smallest absolute Gasteiger partial charge is 0.273 e. The van der Waals surface area contributed by atoms with Crippen LogP contribution in [0.1, 0.15) is 18.6 Å². The van der Waals surface area contributed by atoms with Crippen molar-refractivity contribution in [1.82, 2.24) is 14.8 Å². The molecule has 0 fully saturated rings. The number of non-ortho nitro benzene ring substituents is 1. The third-order valence-corrected chi connectivity index (χ3v) is 2.61. The molecule has 0 amide bonds. The Bertz CT molecular complexity index is 621. The molecule has 0 saturated carbocycles. The van der Waals surface area contributed by atoms with E-state index in [0.29, 0.717) is 29.6 Å². The first-order chi connectivity index (χ1) is 9.01. The summed E-state index contributed by atoms with van der Waals surface area (Å²) in [5, 5.41) is 18.3. The van der Waals surface area contributed by atoms with Crippen LogP contribution in [0.25, 0.3) is 5.69 Å². The summed E-state index contributed by atoms with van der Waals surface area (Å²) in [5.74, 6) is 1.33. The summed E-state index contributed by atoms with van der Waals surface area (Å²) in [6.07, 6.45) is 0. The van der Waals surface area contributed by atoms with Crippen LogP contribution in [-0.2, 0) is 0 Å². The van der Waals surface area contributed by atoms with Crippen LogP contribution in [0.2, 0.25) is 0 Å². The van der Waals surface area contributed by atoms with Crippen molar-refractivity contribution >= 4 is 11.4 Å². The zero-order valence-electron chi connectivity index (χ0n) is 11.0. The molecule has 0 aliphatic heterocycles. The molecule has 19 heavy (non-hydrogen) atoms. The quantitative estimate of drug-likeness (QED) is 0.673. The monoisotopic (exact) mass is 261 g/mol. The van der Waals surface area contributed by atoms with Gasteiger partial charge in [0.05, 0.1) is 10.6 Å². The predicted molar refractivity (Wildman–Crippen MR) is 71.7 cm³/mol. The summed E-state index contributed by atoms with van der Waals surface area (Å²) in [5.41, 5.74) is 1.35. The number of benzene rings is 1. The Labute approximate surface area is 110 Å². The van der Waals surface area contributed by atoms with E-state index in [0.717, 1.165) is 0 Å². The Morgan fingerprint density at radius 3 is 2.63 bits per heavy atom. The fourth-order valence-electron chi connectivity index (χ4n) is 1.89. The summed E-state index contributed by atoms with van der Waals surface area (Å²) in [6.45, 7) is 6.22. The number of nitro benzene ring substituents is 1. The Morgan fingerprint density at radius 2 is 2.11 bits per heavy atom. The standard InChI is InChI=1S/C12H15N5O2/c1-4-13-10-5-11(7-12(6-10)17(18)19)16-9(3)14-8(2)15-16/h5-7,13H,4H2,1-3H3. The van der Waals surface area contributed by atoms with Crippen LogP contribution >= 0.6 is 0 Å². The molecule has 0 bridgehead atoms. The minimum absolute atomic E-state index is 0.0287. The van der Waals surface area contributed by atoms with Crippen molar-refractivity contribution in [3.8, 4) is 5.69 Å². The third kappa shape index (κ3) is 2.70. The highest BCUT2D eigenvalue weighted by Crippen LogP contribution is 2.23. The van der Waals surface area contributed by atoms with E-state index >= 15 is 0 Å². The number of aryl methyl sites for hydroxylation is 2. The number of nitrogens with one attached hydrogen (secondary N) is 1. The van der Waals surface area contributed by atoms with Gasteiger partial charge in [-0.05, 0) is 26.8 Å². The van der Waals surface area contributed by atoms with Gasteiger partial charge in [-0.2, -0.15) is 5.10 Å². The second-order valence-corrected chi connectivity index (χ2v) is 4.14. The molecule has 2 rings (SSSR count). The Morgan fingerprint density at radius 1 is 1.37 bits per heavy atom. The number of nitro groups is 1. The highest BCUT2D eigenvalue weighted by atomic mass is 16.6. The van der Waals surface area contributed by atoms with E-state index in [4.69, 9.17) is 0 Å². The second kappa shape index (κ2) is 5.05. The molecule has 0 unspecified atom stereocenters. The van der Waals surface area contributed by atoms with Gasteiger partial charge in [-0.1, -0.05) is 0 Å². The average Bonchev–Trinajstić information content (AvgIpc) is 2.68. The van der Waals surface area contributed by atoms with Gasteiger partial charge in [0.15, 0.2) is 0 Å². The molecule has 100 valence electrons. The molecular weight excluding hydrogens is 246 g/mol. The lowest BCUT2D eigenvalue weighted by Crippen LogP contribution is -2.04. The van der Waals surface area contributed by atoms with E-state index < -0.39 is 4.92 Å². The van der Waals surface area contributed by atoms with Crippen molar-refractivity contribution < 1.29 is 4.92 Å². The van der Waals surface area contributed by atoms with Crippen LogP contribution < -0.4 is 5.32 Å². The van der Waals surface area contributed by atoms with Crippen LogP contribution in [0.5, 0.6) is 0 Å². The molecule has 7 nitrogen and oxygen atoms in total. The van der Waals surface area contributed by atoms with E-state index in [2.05, 4.69) is 15.4 Å². The summed E-state index contributed by atoms with van der Waals surface area (Å²) < 4.78 is 1.60. The van der Waals surface area contributed by atoms with Gasteiger partial charge in [0.2, 0.25) is 0 Å². The first-order valence-corrected chi connectivity index (χ1v) is 5.95. The Hall–Kier alpha value is -2.44. The van der Waals surface area contributed by atoms with Gasteiger partial charge in [0, 0.05) is 24.4 Å². The SMILES string of the molecule is CCNc1cc(-n2nc(C)nc2C)cc([N+](=O)[O-])c1. The van der Waals surface area contributed by atoms with E-state index in [-0.39, 0.29) is 5.69 Å². The number of anilines is 1. The topological polar surface area (TPSA) is 85.9 Å². The molecule has 0 aliphatic rings. The largest absolute Gasteiger partial charge is 0.385 e. The lowest BCUT2D eigenvalue weighted by atomic mass is 10.2. The summed E-state index contributed by atoms with van der Waals surface area (Å²) in [7, 11) is 0. The molecule has 0 radical (unpaired) electrons. The highest BCUT2D eigenvalue weighted by Gasteiger charge is 2.13. The van der Waals surface area contributed by atoms with Gasteiger partial charge in [0.25, 0.3) is 5.69 Å². The maximum absolute atomic E-state index is 11.0. The zero-order chi connectivity index (χ0) is 14.0. The van der Waals surface area contributed by atoms with E-state index in [9.17, 15) is 10.1 Å². The molecule has 0 spiro atoms. The number of hydrogen-bond donors (Lipinski definition) is 1. The van der Waals surface area contributed by atoms with Gasteiger partial charge in [-0.25, -0.2) is 9.67 Å². The third-order valence-electron chi connectivity index (χ3n) is 2.61. The van der Waals surface area contributed by atoms with Crippen molar-refractivity contribution in [2.45, 2.75) is 20.8 Å². The number of aromatic nitrogens is 3. The molecule has 1 N–H and O–H groups in total. The second-order valence-electron chi connectivity index (χ2n) is 4.14. The summed E-state index contributed by atoms with van der Waals surface area (Å²) in [4.78, 5) is 14.7. The first-order valence-electron chi connectivity index (χ1n) is 5.95. The summed E-state index contributed by atoms with van der Waals surface area (Å²) >= 11 is 0. The van der Waals surface area contributed by atoms with Crippen LogP contribution in [-0.4, -0.2) is 26.2 Å². The number of hydrogen-bond acceptors (Lipinski definition) is 5. The van der Waals surface area contributed by atoms with Crippen molar-refractivity contribution in [3.05, 3.63) is 40.0 Å².